The van der Waals surface area contributed by atoms with Gasteiger partial charge in [0.2, 0.25) is 0 Å². The fraction of sp³-hybridized carbons (Fsp3) is 0.381. The van der Waals surface area contributed by atoms with Crippen molar-refractivity contribution in [2.24, 2.45) is 4.36 Å². The molecule has 3 heterocycles. The fourth-order valence-corrected chi connectivity index (χ4v) is 5.62. The number of aromatic nitrogens is 1. The number of hydrogen-bond donors (Lipinski definition) is 2. The number of halogens is 1. The first-order valence-electron chi connectivity index (χ1n) is 10.3. The maximum Gasteiger partial charge on any atom is 0.414 e. The van der Waals surface area contributed by atoms with Crippen LogP contribution < -0.4 is 10.2 Å². The van der Waals surface area contributed by atoms with Gasteiger partial charge in [-0.25, -0.2) is 13.4 Å². The third-order valence-electron chi connectivity index (χ3n) is 5.41. The second-order valence-corrected chi connectivity index (χ2v) is 10.2. The predicted octanol–water partition coefficient (Wildman–Crippen LogP) is 2.33. The van der Waals surface area contributed by atoms with Crippen molar-refractivity contribution in [3.63, 3.8) is 0 Å². The SMILES string of the molecule is Cc1cc(N2C[C@H](CNc3ccon3)OC2=O)cc(F)c1C1=CCS(=O)(=NC(=O)CO)CC1. The summed E-state index contributed by atoms with van der Waals surface area (Å²) in [6.45, 7) is 1.51. The number of benzene rings is 1. The highest BCUT2D eigenvalue weighted by atomic mass is 32.2. The number of anilines is 2. The number of hydrogen-bond acceptors (Lipinski definition) is 8. The zero-order valence-electron chi connectivity index (χ0n) is 17.8. The van der Waals surface area contributed by atoms with E-state index in [1.165, 1.54) is 17.2 Å². The van der Waals surface area contributed by atoms with Crippen LogP contribution in [-0.4, -0.2) is 63.8 Å². The van der Waals surface area contributed by atoms with Crippen LogP contribution in [0.4, 0.5) is 20.7 Å². The Morgan fingerprint density at radius 1 is 1.45 bits per heavy atom. The quantitative estimate of drug-likeness (QED) is 0.646. The van der Waals surface area contributed by atoms with Gasteiger partial charge in [0.1, 0.15) is 24.8 Å². The lowest BCUT2D eigenvalue weighted by atomic mass is 9.96. The summed E-state index contributed by atoms with van der Waals surface area (Å²) in [7, 11) is -2.79. The largest absolute Gasteiger partial charge is 0.442 e. The van der Waals surface area contributed by atoms with Crippen LogP contribution in [0.5, 0.6) is 0 Å². The summed E-state index contributed by atoms with van der Waals surface area (Å²) in [6, 6.07) is 4.63. The highest BCUT2D eigenvalue weighted by molar-refractivity contribution is 7.94. The van der Waals surface area contributed by atoms with Crippen LogP contribution in [0.1, 0.15) is 17.5 Å². The molecule has 2 aliphatic heterocycles. The van der Waals surface area contributed by atoms with E-state index >= 15 is 4.39 Å². The van der Waals surface area contributed by atoms with Crippen molar-refractivity contribution in [2.45, 2.75) is 19.4 Å². The Kier molecular flexibility index (Phi) is 6.47. The fourth-order valence-electron chi connectivity index (χ4n) is 3.86. The van der Waals surface area contributed by atoms with E-state index in [2.05, 4.69) is 14.8 Å². The predicted molar refractivity (Wildman–Crippen MR) is 119 cm³/mol. The molecule has 1 saturated heterocycles. The highest BCUT2D eigenvalue weighted by Gasteiger charge is 2.33. The Hall–Kier alpha value is -3.25. The Balaban J connectivity index is 1.49. The summed E-state index contributed by atoms with van der Waals surface area (Å²) < 4.78 is 41.5. The van der Waals surface area contributed by atoms with Crippen molar-refractivity contribution in [1.29, 1.82) is 0 Å². The van der Waals surface area contributed by atoms with Crippen LogP contribution in [0, 0.1) is 12.7 Å². The second-order valence-electron chi connectivity index (χ2n) is 7.77. The molecule has 0 aliphatic carbocycles. The van der Waals surface area contributed by atoms with Crippen molar-refractivity contribution in [2.75, 3.05) is 41.4 Å². The number of carbonyl (C=O) groups excluding carboxylic acids is 2. The molecule has 0 radical (unpaired) electrons. The molecular weight excluding hydrogens is 455 g/mol. The summed E-state index contributed by atoms with van der Waals surface area (Å²) in [5, 5.41) is 15.6. The van der Waals surface area contributed by atoms with Gasteiger partial charge in [0.15, 0.2) is 5.82 Å². The second kappa shape index (κ2) is 9.32. The van der Waals surface area contributed by atoms with Gasteiger partial charge >= 0.3 is 6.09 Å². The maximum absolute atomic E-state index is 15.1. The summed E-state index contributed by atoms with van der Waals surface area (Å²) in [6.07, 6.45) is 2.31. The number of allylic oxidation sites excluding steroid dienone is 1. The molecule has 2 N–H and O–H groups in total. The molecule has 1 unspecified atom stereocenters. The molecule has 2 amide bonds. The van der Waals surface area contributed by atoms with Gasteiger partial charge in [0.05, 0.1) is 34.3 Å². The minimum absolute atomic E-state index is 0.00730. The average Bonchev–Trinajstić information content (AvgIpc) is 3.42. The van der Waals surface area contributed by atoms with E-state index in [0.29, 0.717) is 34.8 Å². The van der Waals surface area contributed by atoms with Crippen molar-refractivity contribution in [1.82, 2.24) is 5.16 Å². The topological polar surface area (TPSA) is 134 Å². The van der Waals surface area contributed by atoms with Gasteiger partial charge in [-0.05, 0) is 36.6 Å². The van der Waals surface area contributed by atoms with Crippen molar-refractivity contribution < 1.29 is 32.6 Å². The number of aliphatic hydroxyl groups is 1. The molecule has 0 spiro atoms. The molecule has 2 atom stereocenters. The van der Waals surface area contributed by atoms with E-state index in [9.17, 15) is 13.8 Å². The molecule has 4 rings (SSSR count). The minimum Gasteiger partial charge on any atom is -0.442 e. The van der Waals surface area contributed by atoms with E-state index in [-0.39, 0.29) is 24.5 Å². The maximum atomic E-state index is 15.1. The van der Waals surface area contributed by atoms with Crippen LogP contribution in [0.3, 0.4) is 0 Å². The lowest BCUT2D eigenvalue weighted by Crippen LogP contribution is -2.27. The van der Waals surface area contributed by atoms with Crippen LogP contribution in [-0.2, 0) is 19.3 Å². The van der Waals surface area contributed by atoms with Gasteiger partial charge in [0, 0.05) is 17.4 Å². The molecule has 1 aromatic carbocycles. The normalized spacial score (nSPS) is 22.6. The molecule has 0 bridgehead atoms. The van der Waals surface area contributed by atoms with E-state index in [0.717, 1.165) is 0 Å². The van der Waals surface area contributed by atoms with Gasteiger partial charge in [-0.1, -0.05) is 11.2 Å². The number of carbonyl (C=O) groups is 2. The number of rotatable bonds is 6. The minimum atomic E-state index is -2.79. The van der Waals surface area contributed by atoms with Crippen LogP contribution >= 0.6 is 0 Å². The first-order valence-corrected chi connectivity index (χ1v) is 12.1. The van der Waals surface area contributed by atoms with Crippen LogP contribution in [0.15, 0.2) is 39.4 Å². The highest BCUT2D eigenvalue weighted by Crippen LogP contribution is 2.33. The Labute approximate surface area is 189 Å². The zero-order chi connectivity index (χ0) is 23.6. The third kappa shape index (κ3) is 5.06. The van der Waals surface area contributed by atoms with Crippen LogP contribution in [0.25, 0.3) is 5.57 Å². The molecule has 2 aliphatic rings. The van der Waals surface area contributed by atoms with Gasteiger partial charge < -0.3 is 19.7 Å². The Bertz CT molecular complexity index is 1200. The van der Waals surface area contributed by atoms with Crippen molar-refractivity contribution >= 4 is 38.8 Å². The monoisotopic (exact) mass is 478 g/mol. The standard InChI is InChI=1S/C21H23FN4O6S/c1-13-8-15(26-11-16(32-21(26)29)10-23-18-2-5-31-24-18)9-17(22)20(13)14-3-6-33(30,7-4-14)25-19(28)12-27/h2-3,5,8-9,16,27H,4,6-7,10-12H2,1H3,(H,23,24)/t16-,33?/m0/s1. The molecule has 1 fully saturated rings. The molecule has 0 saturated carbocycles. The third-order valence-corrected chi connectivity index (χ3v) is 7.48. The lowest BCUT2D eigenvalue weighted by Gasteiger charge is -2.21. The summed E-state index contributed by atoms with van der Waals surface area (Å²) in [5.41, 5.74) is 2.04. The molecular formula is C21H23FN4O6S. The smallest absolute Gasteiger partial charge is 0.414 e. The number of ether oxygens (including phenoxy) is 1. The molecule has 176 valence electrons. The van der Waals surface area contributed by atoms with Crippen LogP contribution in [0.2, 0.25) is 0 Å². The van der Waals surface area contributed by atoms with E-state index in [1.807, 2.05) is 0 Å². The number of aryl methyl sites for hydroxylation is 1. The number of aliphatic hydroxyl groups excluding tert-OH is 1. The lowest BCUT2D eigenvalue weighted by molar-refractivity contribution is -0.120. The summed E-state index contributed by atoms with van der Waals surface area (Å²) in [5.74, 6) is -0.702. The van der Waals surface area contributed by atoms with Crippen molar-refractivity contribution in [3.8, 4) is 0 Å². The van der Waals surface area contributed by atoms with Gasteiger partial charge in [0.25, 0.3) is 5.91 Å². The molecule has 10 nitrogen and oxygen atoms in total. The molecule has 12 heteroatoms. The number of nitrogens with one attached hydrogen (secondary N) is 1. The van der Waals surface area contributed by atoms with E-state index in [1.54, 1.807) is 25.1 Å². The zero-order valence-corrected chi connectivity index (χ0v) is 18.6. The Morgan fingerprint density at radius 3 is 2.91 bits per heavy atom. The summed E-state index contributed by atoms with van der Waals surface area (Å²) in [4.78, 5) is 25.1. The first-order chi connectivity index (χ1) is 15.8. The molecule has 33 heavy (non-hydrogen) atoms. The Morgan fingerprint density at radius 2 is 2.27 bits per heavy atom. The van der Waals surface area contributed by atoms with E-state index < -0.39 is 40.3 Å². The molecule has 2 aromatic rings. The van der Waals surface area contributed by atoms with E-state index in [4.69, 9.17) is 14.4 Å². The first kappa shape index (κ1) is 22.9. The van der Waals surface area contributed by atoms with Crippen molar-refractivity contribution in [3.05, 3.63) is 47.5 Å². The van der Waals surface area contributed by atoms with Gasteiger partial charge in [-0.2, -0.15) is 4.36 Å². The number of amides is 2. The summed E-state index contributed by atoms with van der Waals surface area (Å²) >= 11 is 0. The van der Waals surface area contributed by atoms with Gasteiger partial charge in [-0.15, -0.1) is 0 Å². The number of nitrogens with zero attached hydrogens (tertiary/aromatic N) is 3. The number of cyclic esters (lactones) is 1. The average molecular weight is 479 g/mol. The van der Waals surface area contributed by atoms with Gasteiger partial charge in [-0.3, -0.25) is 9.69 Å². The molecule has 1 aromatic heterocycles.